The molecule has 4 nitrogen and oxygen atoms in total. The summed E-state index contributed by atoms with van der Waals surface area (Å²) < 4.78 is 5.03. The Labute approximate surface area is 94.5 Å². The summed E-state index contributed by atoms with van der Waals surface area (Å²) in [7, 11) is 0. The van der Waals surface area contributed by atoms with Crippen LogP contribution in [0.3, 0.4) is 0 Å². The molecule has 0 bridgehead atoms. The number of nitrogens with zero attached hydrogens (tertiary/aromatic N) is 2. The van der Waals surface area contributed by atoms with E-state index < -0.39 is 0 Å². The summed E-state index contributed by atoms with van der Waals surface area (Å²) in [4.78, 5) is 8.94. The fraction of sp³-hybridized carbons (Fsp3) is 0.333. The van der Waals surface area contributed by atoms with Crippen LogP contribution in [0.25, 0.3) is 11.4 Å². The number of aryl methyl sites for hydroxylation is 2. The standard InChI is InChI=1S/C12H15N3O/c1-8-11(3-5-13)9(2)15-12(14-8)10-4-6-16-7-10/h4,6-7H,3,5,13H2,1-2H3. The van der Waals surface area contributed by atoms with Gasteiger partial charge in [0, 0.05) is 11.4 Å². The van der Waals surface area contributed by atoms with Crippen LogP contribution in [0, 0.1) is 13.8 Å². The molecule has 0 radical (unpaired) electrons. The van der Waals surface area contributed by atoms with Gasteiger partial charge in [-0.1, -0.05) is 0 Å². The number of furan rings is 1. The molecule has 2 aromatic rings. The summed E-state index contributed by atoms with van der Waals surface area (Å²) in [5.74, 6) is 0.713. The summed E-state index contributed by atoms with van der Waals surface area (Å²) in [5, 5.41) is 0. The number of aromatic nitrogens is 2. The average Bonchev–Trinajstić information content (AvgIpc) is 2.76. The molecule has 0 aliphatic rings. The lowest BCUT2D eigenvalue weighted by Crippen LogP contribution is -2.09. The molecule has 2 heterocycles. The summed E-state index contributed by atoms with van der Waals surface area (Å²) >= 11 is 0. The zero-order valence-electron chi connectivity index (χ0n) is 9.53. The van der Waals surface area contributed by atoms with Crippen LogP contribution in [0.4, 0.5) is 0 Å². The van der Waals surface area contributed by atoms with Crippen LogP contribution in [0.2, 0.25) is 0 Å². The van der Waals surface area contributed by atoms with Gasteiger partial charge in [0.05, 0.1) is 11.8 Å². The highest BCUT2D eigenvalue weighted by Gasteiger charge is 2.09. The molecule has 4 heteroatoms. The average molecular weight is 217 g/mol. The Morgan fingerprint density at radius 2 is 1.94 bits per heavy atom. The van der Waals surface area contributed by atoms with E-state index in [-0.39, 0.29) is 0 Å². The van der Waals surface area contributed by atoms with Crippen molar-refractivity contribution < 1.29 is 4.42 Å². The fourth-order valence-corrected chi connectivity index (χ4v) is 1.77. The quantitative estimate of drug-likeness (QED) is 0.852. The van der Waals surface area contributed by atoms with Gasteiger partial charge < -0.3 is 10.2 Å². The van der Waals surface area contributed by atoms with Crippen molar-refractivity contribution in [3.63, 3.8) is 0 Å². The van der Waals surface area contributed by atoms with Crippen LogP contribution in [-0.4, -0.2) is 16.5 Å². The highest BCUT2D eigenvalue weighted by Crippen LogP contribution is 2.19. The monoisotopic (exact) mass is 217 g/mol. The van der Waals surface area contributed by atoms with Crippen molar-refractivity contribution in [2.75, 3.05) is 6.54 Å². The van der Waals surface area contributed by atoms with Gasteiger partial charge in [-0.25, -0.2) is 9.97 Å². The lowest BCUT2D eigenvalue weighted by atomic mass is 10.1. The van der Waals surface area contributed by atoms with E-state index in [2.05, 4.69) is 9.97 Å². The molecule has 0 saturated carbocycles. The van der Waals surface area contributed by atoms with Gasteiger partial charge in [-0.3, -0.25) is 0 Å². The Morgan fingerprint density at radius 3 is 2.44 bits per heavy atom. The first-order chi connectivity index (χ1) is 7.72. The first-order valence-electron chi connectivity index (χ1n) is 5.29. The predicted octanol–water partition coefficient (Wildman–Crippen LogP) is 1.85. The lowest BCUT2D eigenvalue weighted by molar-refractivity contribution is 0.568. The van der Waals surface area contributed by atoms with E-state index in [4.69, 9.17) is 10.2 Å². The Morgan fingerprint density at radius 1 is 1.25 bits per heavy atom. The smallest absolute Gasteiger partial charge is 0.162 e. The van der Waals surface area contributed by atoms with Crippen molar-refractivity contribution in [2.45, 2.75) is 20.3 Å². The van der Waals surface area contributed by atoms with Crippen LogP contribution >= 0.6 is 0 Å². The molecule has 16 heavy (non-hydrogen) atoms. The Bertz CT molecular complexity index is 454. The summed E-state index contributed by atoms with van der Waals surface area (Å²) in [5.41, 5.74) is 9.61. The van der Waals surface area contributed by atoms with Crippen LogP contribution in [0.15, 0.2) is 23.0 Å². The molecule has 0 atom stereocenters. The van der Waals surface area contributed by atoms with Crippen molar-refractivity contribution in [3.8, 4) is 11.4 Å². The molecule has 0 unspecified atom stereocenters. The van der Waals surface area contributed by atoms with Gasteiger partial charge in [-0.2, -0.15) is 0 Å². The molecule has 2 aromatic heterocycles. The maximum atomic E-state index is 5.56. The molecule has 0 saturated heterocycles. The minimum absolute atomic E-state index is 0.621. The normalized spacial score (nSPS) is 10.7. The Hall–Kier alpha value is -1.68. The van der Waals surface area contributed by atoms with Crippen LogP contribution < -0.4 is 5.73 Å². The molecule has 0 aliphatic heterocycles. The van der Waals surface area contributed by atoms with E-state index in [9.17, 15) is 0 Å². The molecule has 0 amide bonds. The van der Waals surface area contributed by atoms with Gasteiger partial charge in [-0.15, -0.1) is 0 Å². The maximum absolute atomic E-state index is 5.56. The van der Waals surface area contributed by atoms with Gasteiger partial charge in [-0.05, 0) is 38.4 Å². The fourth-order valence-electron chi connectivity index (χ4n) is 1.77. The molecule has 0 aromatic carbocycles. The van der Waals surface area contributed by atoms with Crippen LogP contribution in [-0.2, 0) is 6.42 Å². The van der Waals surface area contributed by atoms with E-state index >= 15 is 0 Å². The molecule has 84 valence electrons. The largest absolute Gasteiger partial charge is 0.472 e. The first-order valence-corrected chi connectivity index (χ1v) is 5.29. The Balaban J connectivity index is 2.45. The van der Waals surface area contributed by atoms with Crippen molar-refractivity contribution in [2.24, 2.45) is 5.73 Å². The number of rotatable bonds is 3. The lowest BCUT2D eigenvalue weighted by Gasteiger charge is -2.08. The van der Waals surface area contributed by atoms with Gasteiger partial charge in [0.25, 0.3) is 0 Å². The molecule has 0 aliphatic carbocycles. The number of hydrogen-bond acceptors (Lipinski definition) is 4. The van der Waals surface area contributed by atoms with Crippen LogP contribution in [0.1, 0.15) is 17.0 Å². The third-order valence-electron chi connectivity index (χ3n) is 2.59. The van der Waals surface area contributed by atoms with Gasteiger partial charge in [0.1, 0.15) is 6.26 Å². The van der Waals surface area contributed by atoms with E-state index in [1.54, 1.807) is 12.5 Å². The third kappa shape index (κ3) is 1.97. The second-order valence-electron chi connectivity index (χ2n) is 3.75. The first kappa shape index (κ1) is 10.8. The molecular weight excluding hydrogens is 202 g/mol. The maximum Gasteiger partial charge on any atom is 0.162 e. The minimum atomic E-state index is 0.621. The third-order valence-corrected chi connectivity index (χ3v) is 2.59. The summed E-state index contributed by atoms with van der Waals surface area (Å²) in [6.45, 7) is 4.60. The second kappa shape index (κ2) is 4.45. The molecule has 0 fully saturated rings. The molecule has 2 rings (SSSR count). The van der Waals surface area contributed by atoms with Gasteiger partial charge in [0.15, 0.2) is 5.82 Å². The predicted molar refractivity (Wildman–Crippen MR) is 62.0 cm³/mol. The Kier molecular flexibility index (Phi) is 3.01. The summed E-state index contributed by atoms with van der Waals surface area (Å²) in [6, 6.07) is 1.86. The van der Waals surface area contributed by atoms with Crippen molar-refractivity contribution >= 4 is 0 Å². The number of nitrogens with two attached hydrogens (primary N) is 1. The van der Waals surface area contributed by atoms with E-state index in [1.807, 2.05) is 19.9 Å². The van der Waals surface area contributed by atoms with Crippen molar-refractivity contribution in [1.29, 1.82) is 0 Å². The van der Waals surface area contributed by atoms with E-state index in [1.165, 1.54) is 0 Å². The zero-order chi connectivity index (χ0) is 11.5. The number of hydrogen-bond donors (Lipinski definition) is 1. The van der Waals surface area contributed by atoms with Crippen molar-refractivity contribution in [3.05, 3.63) is 35.5 Å². The second-order valence-corrected chi connectivity index (χ2v) is 3.75. The van der Waals surface area contributed by atoms with Crippen LogP contribution in [0.5, 0.6) is 0 Å². The van der Waals surface area contributed by atoms with Crippen molar-refractivity contribution in [1.82, 2.24) is 9.97 Å². The topological polar surface area (TPSA) is 64.9 Å². The summed E-state index contributed by atoms with van der Waals surface area (Å²) in [6.07, 6.45) is 4.09. The van der Waals surface area contributed by atoms with E-state index in [0.29, 0.717) is 12.4 Å². The molecule has 0 spiro atoms. The highest BCUT2D eigenvalue weighted by atomic mass is 16.3. The van der Waals surface area contributed by atoms with E-state index in [0.717, 1.165) is 28.9 Å². The zero-order valence-corrected chi connectivity index (χ0v) is 9.53. The molecule has 2 N–H and O–H groups in total. The minimum Gasteiger partial charge on any atom is -0.472 e. The van der Waals surface area contributed by atoms with Gasteiger partial charge in [0.2, 0.25) is 0 Å². The highest BCUT2D eigenvalue weighted by molar-refractivity contribution is 5.53. The SMILES string of the molecule is Cc1nc(-c2ccoc2)nc(C)c1CCN. The molecular formula is C12H15N3O. The van der Waals surface area contributed by atoms with Gasteiger partial charge >= 0.3 is 0 Å².